The van der Waals surface area contributed by atoms with Crippen LogP contribution in [0.1, 0.15) is 41.4 Å². The molecule has 0 saturated heterocycles. The highest BCUT2D eigenvalue weighted by Crippen LogP contribution is 2.30. The quantitative estimate of drug-likeness (QED) is 0.883. The van der Waals surface area contributed by atoms with E-state index in [4.69, 9.17) is 14.7 Å². The van der Waals surface area contributed by atoms with Gasteiger partial charge >= 0.3 is 0 Å². The van der Waals surface area contributed by atoms with Gasteiger partial charge in [0.15, 0.2) is 11.5 Å². The van der Waals surface area contributed by atoms with E-state index in [2.05, 4.69) is 5.32 Å². The number of rotatable bonds is 6. The normalized spacial score (nSPS) is 11.2. The van der Waals surface area contributed by atoms with Crippen molar-refractivity contribution in [3.05, 3.63) is 59.2 Å². The maximum atomic E-state index is 12.3. The van der Waals surface area contributed by atoms with Gasteiger partial charge in [0.25, 0.3) is 5.91 Å². The van der Waals surface area contributed by atoms with Crippen LogP contribution in [0.4, 0.5) is 0 Å². The van der Waals surface area contributed by atoms with Gasteiger partial charge in [-0.25, -0.2) is 0 Å². The van der Waals surface area contributed by atoms with Crippen LogP contribution in [0.15, 0.2) is 42.5 Å². The fourth-order valence-electron chi connectivity index (χ4n) is 2.32. The summed E-state index contributed by atoms with van der Waals surface area (Å²) in [4.78, 5) is 12.3. The van der Waals surface area contributed by atoms with Gasteiger partial charge < -0.3 is 14.8 Å². The number of amides is 1. The summed E-state index contributed by atoms with van der Waals surface area (Å²) >= 11 is 0. The number of benzene rings is 2. The summed E-state index contributed by atoms with van der Waals surface area (Å²) in [6, 6.07) is 14.0. The summed E-state index contributed by atoms with van der Waals surface area (Å²) in [5.74, 6) is 1.07. The Hall–Kier alpha value is -3.00. The second kappa shape index (κ2) is 8.02. The topological polar surface area (TPSA) is 71.3 Å². The van der Waals surface area contributed by atoms with Gasteiger partial charge in [0.1, 0.15) is 0 Å². The monoisotopic (exact) mass is 324 g/mol. The van der Waals surface area contributed by atoms with E-state index in [0.29, 0.717) is 29.2 Å². The van der Waals surface area contributed by atoms with Crippen molar-refractivity contribution in [3.63, 3.8) is 0 Å². The number of nitriles is 1. The third-order valence-electron chi connectivity index (χ3n) is 3.59. The zero-order chi connectivity index (χ0) is 17.5. The molecule has 0 bridgehead atoms. The molecule has 1 N–H and O–H groups in total. The summed E-state index contributed by atoms with van der Waals surface area (Å²) in [6.45, 7) is 4.35. The van der Waals surface area contributed by atoms with Crippen molar-refractivity contribution in [2.24, 2.45) is 0 Å². The number of ether oxygens (including phenoxy) is 2. The second-order valence-electron chi connectivity index (χ2n) is 5.23. The summed E-state index contributed by atoms with van der Waals surface area (Å²) in [6.07, 6.45) is 0. The molecule has 0 aliphatic heterocycles. The van der Waals surface area contributed by atoms with Gasteiger partial charge in [0.2, 0.25) is 0 Å². The van der Waals surface area contributed by atoms with Crippen molar-refractivity contribution < 1.29 is 14.3 Å². The van der Waals surface area contributed by atoms with Crippen LogP contribution in [0.25, 0.3) is 0 Å². The lowest BCUT2D eigenvalue weighted by molar-refractivity contribution is 0.0940. The van der Waals surface area contributed by atoms with Crippen LogP contribution in [0.3, 0.4) is 0 Å². The molecular weight excluding hydrogens is 304 g/mol. The van der Waals surface area contributed by atoms with E-state index in [1.165, 1.54) is 0 Å². The van der Waals surface area contributed by atoms with E-state index >= 15 is 0 Å². The molecular formula is C19H20N2O3. The summed E-state index contributed by atoms with van der Waals surface area (Å²) in [5, 5.41) is 11.8. The lowest BCUT2D eigenvalue weighted by atomic mass is 10.1. The average molecular weight is 324 g/mol. The predicted molar refractivity (Wildman–Crippen MR) is 91.2 cm³/mol. The molecule has 24 heavy (non-hydrogen) atoms. The average Bonchev–Trinajstić information content (AvgIpc) is 2.62. The Kier molecular flexibility index (Phi) is 5.80. The van der Waals surface area contributed by atoms with Crippen molar-refractivity contribution in [2.45, 2.75) is 19.9 Å². The summed E-state index contributed by atoms with van der Waals surface area (Å²) < 4.78 is 10.8. The zero-order valence-corrected chi connectivity index (χ0v) is 14.0. The van der Waals surface area contributed by atoms with Crippen LogP contribution in [-0.4, -0.2) is 19.6 Å². The standard InChI is InChI=1S/C19H20N2O3/c1-4-24-17-9-8-15(11-18(17)23-3)13(2)21-19(22)16-7-5-6-14(10-16)12-20/h5-11,13H,4H2,1-3H3,(H,21,22)/t13-/m1/s1. The third kappa shape index (κ3) is 4.05. The molecule has 0 radical (unpaired) electrons. The van der Waals surface area contributed by atoms with Crippen molar-refractivity contribution in [3.8, 4) is 17.6 Å². The van der Waals surface area contributed by atoms with Gasteiger partial charge in [-0.3, -0.25) is 4.79 Å². The summed E-state index contributed by atoms with van der Waals surface area (Å²) in [5.41, 5.74) is 1.82. The maximum Gasteiger partial charge on any atom is 0.251 e. The molecule has 2 aromatic rings. The van der Waals surface area contributed by atoms with E-state index in [0.717, 1.165) is 5.56 Å². The molecule has 1 amide bonds. The first-order chi connectivity index (χ1) is 11.6. The summed E-state index contributed by atoms with van der Waals surface area (Å²) in [7, 11) is 1.58. The second-order valence-corrected chi connectivity index (χ2v) is 5.23. The Morgan fingerprint density at radius 3 is 2.71 bits per heavy atom. The van der Waals surface area contributed by atoms with Gasteiger partial charge in [0.05, 0.1) is 31.4 Å². The van der Waals surface area contributed by atoms with Crippen molar-refractivity contribution in [1.29, 1.82) is 5.26 Å². The lowest BCUT2D eigenvalue weighted by Crippen LogP contribution is -2.26. The van der Waals surface area contributed by atoms with E-state index in [1.807, 2.05) is 38.1 Å². The number of nitrogens with zero attached hydrogens (tertiary/aromatic N) is 1. The molecule has 5 heteroatoms. The molecule has 0 aliphatic rings. The lowest BCUT2D eigenvalue weighted by Gasteiger charge is -2.17. The molecule has 0 heterocycles. The molecule has 0 spiro atoms. The number of hydrogen-bond donors (Lipinski definition) is 1. The van der Waals surface area contributed by atoms with Crippen molar-refractivity contribution >= 4 is 5.91 Å². The van der Waals surface area contributed by atoms with E-state index in [1.54, 1.807) is 31.4 Å². The molecule has 2 rings (SSSR count). The SMILES string of the molecule is CCOc1ccc([C@@H](C)NC(=O)c2cccc(C#N)c2)cc1OC. The minimum absolute atomic E-state index is 0.215. The van der Waals surface area contributed by atoms with E-state index in [9.17, 15) is 4.79 Å². The highest BCUT2D eigenvalue weighted by atomic mass is 16.5. The zero-order valence-electron chi connectivity index (χ0n) is 14.0. The number of methoxy groups -OCH3 is 1. The molecule has 5 nitrogen and oxygen atoms in total. The predicted octanol–water partition coefficient (Wildman–Crippen LogP) is 3.46. The molecule has 0 unspecified atom stereocenters. The van der Waals surface area contributed by atoms with Gasteiger partial charge in [-0.15, -0.1) is 0 Å². The molecule has 0 fully saturated rings. The maximum absolute atomic E-state index is 12.3. The number of carbonyl (C=O) groups excluding carboxylic acids is 1. The van der Waals surface area contributed by atoms with Crippen molar-refractivity contribution in [2.75, 3.05) is 13.7 Å². The molecule has 0 aliphatic carbocycles. The molecule has 0 aromatic heterocycles. The minimum Gasteiger partial charge on any atom is -0.493 e. The molecule has 124 valence electrons. The van der Waals surface area contributed by atoms with Crippen LogP contribution in [0.2, 0.25) is 0 Å². The van der Waals surface area contributed by atoms with Gasteiger partial charge in [-0.1, -0.05) is 12.1 Å². The fourth-order valence-corrected chi connectivity index (χ4v) is 2.32. The molecule has 1 atom stereocenters. The largest absolute Gasteiger partial charge is 0.493 e. The van der Waals surface area contributed by atoms with Crippen LogP contribution in [-0.2, 0) is 0 Å². The number of hydrogen-bond acceptors (Lipinski definition) is 4. The Labute approximate surface area is 141 Å². The molecule has 0 saturated carbocycles. The van der Waals surface area contributed by atoms with Gasteiger partial charge in [-0.2, -0.15) is 5.26 Å². The molecule has 2 aromatic carbocycles. The number of carbonyl (C=O) groups is 1. The van der Waals surface area contributed by atoms with E-state index in [-0.39, 0.29) is 11.9 Å². The smallest absolute Gasteiger partial charge is 0.251 e. The Morgan fingerprint density at radius 2 is 2.04 bits per heavy atom. The van der Waals surface area contributed by atoms with Gasteiger partial charge in [-0.05, 0) is 49.7 Å². The van der Waals surface area contributed by atoms with Crippen LogP contribution < -0.4 is 14.8 Å². The number of nitrogens with one attached hydrogen (secondary N) is 1. The van der Waals surface area contributed by atoms with Crippen LogP contribution >= 0.6 is 0 Å². The van der Waals surface area contributed by atoms with Crippen molar-refractivity contribution in [1.82, 2.24) is 5.32 Å². The van der Waals surface area contributed by atoms with Crippen LogP contribution in [0, 0.1) is 11.3 Å². The van der Waals surface area contributed by atoms with Gasteiger partial charge in [0, 0.05) is 5.56 Å². The fraction of sp³-hybridized carbons (Fsp3) is 0.263. The Balaban J connectivity index is 2.15. The highest BCUT2D eigenvalue weighted by molar-refractivity contribution is 5.94. The minimum atomic E-state index is -0.229. The third-order valence-corrected chi connectivity index (χ3v) is 3.59. The highest BCUT2D eigenvalue weighted by Gasteiger charge is 2.14. The van der Waals surface area contributed by atoms with E-state index < -0.39 is 0 Å². The first-order valence-corrected chi connectivity index (χ1v) is 7.70. The Morgan fingerprint density at radius 1 is 1.25 bits per heavy atom. The first kappa shape index (κ1) is 17.4. The first-order valence-electron chi connectivity index (χ1n) is 7.70. The van der Waals surface area contributed by atoms with Crippen LogP contribution in [0.5, 0.6) is 11.5 Å². The Bertz CT molecular complexity index is 765.